The molecule has 3 N–H and O–H groups in total. The summed E-state index contributed by atoms with van der Waals surface area (Å²) in [6, 6.07) is 2.45. The van der Waals surface area contributed by atoms with Crippen LogP contribution in [0.15, 0.2) is 16.8 Å². The predicted molar refractivity (Wildman–Crippen MR) is 62.5 cm³/mol. The quantitative estimate of drug-likeness (QED) is 0.610. The van der Waals surface area contributed by atoms with Gasteiger partial charge in [0.05, 0.1) is 0 Å². The summed E-state index contributed by atoms with van der Waals surface area (Å²) >= 11 is 1.73. The van der Waals surface area contributed by atoms with Crippen LogP contribution in [0, 0.1) is 5.92 Å². The van der Waals surface area contributed by atoms with Crippen molar-refractivity contribution >= 4 is 11.3 Å². The molecule has 1 fully saturated rings. The van der Waals surface area contributed by atoms with Crippen LogP contribution in [0.5, 0.6) is 0 Å². The van der Waals surface area contributed by atoms with Crippen molar-refractivity contribution in [3.8, 4) is 0 Å². The molecule has 0 bridgehead atoms. The Hall–Kier alpha value is -0.420. The van der Waals surface area contributed by atoms with Crippen molar-refractivity contribution in [2.45, 2.75) is 25.3 Å². The van der Waals surface area contributed by atoms with E-state index in [4.69, 9.17) is 10.6 Å². The average Bonchev–Trinajstić information content (AvgIpc) is 2.81. The van der Waals surface area contributed by atoms with Crippen LogP contribution < -0.4 is 11.3 Å². The summed E-state index contributed by atoms with van der Waals surface area (Å²) in [5.74, 6) is 6.35. The first-order chi connectivity index (χ1) is 7.40. The Labute approximate surface area is 94.6 Å². The van der Waals surface area contributed by atoms with Crippen molar-refractivity contribution in [1.29, 1.82) is 0 Å². The number of hydrogen-bond acceptors (Lipinski definition) is 4. The van der Waals surface area contributed by atoms with E-state index in [1.165, 1.54) is 18.4 Å². The van der Waals surface area contributed by atoms with Crippen LogP contribution in [0.4, 0.5) is 0 Å². The van der Waals surface area contributed by atoms with Gasteiger partial charge in [0.1, 0.15) is 0 Å². The van der Waals surface area contributed by atoms with Crippen molar-refractivity contribution in [3.63, 3.8) is 0 Å². The van der Waals surface area contributed by atoms with Gasteiger partial charge in [0, 0.05) is 19.3 Å². The van der Waals surface area contributed by atoms with Gasteiger partial charge >= 0.3 is 0 Å². The minimum absolute atomic E-state index is 0.305. The summed E-state index contributed by atoms with van der Waals surface area (Å²) in [6.07, 6.45) is 3.46. The molecule has 3 nitrogen and oxygen atoms in total. The van der Waals surface area contributed by atoms with Crippen molar-refractivity contribution < 1.29 is 4.74 Å². The second-order valence-corrected chi connectivity index (χ2v) is 4.85. The number of thiophene rings is 1. The van der Waals surface area contributed by atoms with Crippen LogP contribution in [0.3, 0.4) is 0 Å². The molecule has 2 rings (SSSR count). The van der Waals surface area contributed by atoms with E-state index in [1.807, 2.05) is 0 Å². The van der Waals surface area contributed by atoms with E-state index in [0.29, 0.717) is 6.04 Å². The molecule has 1 aliphatic rings. The fraction of sp³-hybridized carbons (Fsp3) is 0.636. The van der Waals surface area contributed by atoms with Gasteiger partial charge in [-0.3, -0.25) is 11.3 Å². The fourth-order valence-electron chi connectivity index (χ4n) is 2.09. The Bertz CT molecular complexity index is 270. The molecule has 0 amide bonds. The smallest absolute Gasteiger partial charge is 0.0470 e. The van der Waals surface area contributed by atoms with E-state index < -0.39 is 0 Å². The van der Waals surface area contributed by atoms with Gasteiger partial charge in [0.25, 0.3) is 0 Å². The topological polar surface area (TPSA) is 47.3 Å². The zero-order valence-corrected chi connectivity index (χ0v) is 9.63. The second kappa shape index (κ2) is 5.61. The molecule has 0 radical (unpaired) electrons. The number of nitrogens with one attached hydrogen (secondary N) is 1. The standard InChI is InChI=1S/C11H18N2OS/c12-13-11(10-3-6-15-8-10)7-9-1-4-14-5-2-9/h3,6,8-9,11,13H,1-2,4-5,7,12H2. The largest absolute Gasteiger partial charge is 0.381 e. The van der Waals surface area contributed by atoms with E-state index in [-0.39, 0.29) is 0 Å². The van der Waals surface area contributed by atoms with Crippen molar-refractivity contribution in [2.24, 2.45) is 11.8 Å². The maximum Gasteiger partial charge on any atom is 0.0470 e. The lowest BCUT2D eigenvalue weighted by molar-refractivity contribution is 0.0605. The molecule has 0 spiro atoms. The first-order valence-electron chi connectivity index (χ1n) is 5.46. The van der Waals surface area contributed by atoms with E-state index in [2.05, 4.69) is 22.3 Å². The summed E-state index contributed by atoms with van der Waals surface area (Å²) in [5.41, 5.74) is 4.23. The van der Waals surface area contributed by atoms with Crippen LogP contribution >= 0.6 is 11.3 Å². The number of ether oxygens (including phenoxy) is 1. The molecule has 1 aromatic heterocycles. The molecule has 4 heteroatoms. The number of rotatable bonds is 4. The Morgan fingerprint density at radius 1 is 1.53 bits per heavy atom. The SMILES string of the molecule is NNC(CC1CCOCC1)c1ccsc1. The van der Waals surface area contributed by atoms with E-state index in [0.717, 1.165) is 25.6 Å². The first-order valence-corrected chi connectivity index (χ1v) is 6.40. The highest BCUT2D eigenvalue weighted by Gasteiger charge is 2.19. The molecule has 84 valence electrons. The van der Waals surface area contributed by atoms with Gasteiger partial charge < -0.3 is 4.74 Å². The summed E-state index contributed by atoms with van der Waals surface area (Å²) in [7, 11) is 0. The third-order valence-electron chi connectivity index (χ3n) is 3.06. The Kier molecular flexibility index (Phi) is 4.14. The highest BCUT2D eigenvalue weighted by atomic mass is 32.1. The lowest BCUT2D eigenvalue weighted by atomic mass is 9.91. The predicted octanol–water partition coefficient (Wildman–Crippen LogP) is 2.07. The molecule has 1 atom stereocenters. The normalized spacial score (nSPS) is 20.3. The average molecular weight is 226 g/mol. The lowest BCUT2D eigenvalue weighted by Crippen LogP contribution is -2.30. The Balaban J connectivity index is 1.90. The summed E-state index contributed by atoms with van der Waals surface area (Å²) in [5, 5.41) is 4.27. The third-order valence-corrected chi connectivity index (χ3v) is 3.76. The maximum absolute atomic E-state index is 5.60. The van der Waals surface area contributed by atoms with Crippen LogP contribution in [-0.2, 0) is 4.74 Å². The molecular formula is C11H18N2OS. The van der Waals surface area contributed by atoms with Crippen LogP contribution in [0.25, 0.3) is 0 Å². The van der Waals surface area contributed by atoms with Crippen molar-refractivity contribution in [2.75, 3.05) is 13.2 Å². The lowest BCUT2D eigenvalue weighted by Gasteiger charge is -2.26. The number of hydrogen-bond donors (Lipinski definition) is 2. The van der Waals surface area contributed by atoms with E-state index in [1.54, 1.807) is 11.3 Å². The summed E-state index contributed by atoms with van der Waals surface area (Å²) in [6.45, 7) is 1.82. The highest BCUT2D eigenvalue weighted by Crippen LogP contribution is 2.27. The van der Waals surface area contributed by atoms with Crippen molar-refractivity contribution in [3.05, 3.63) is 22.4 Å². The monoisotopic (exact) mass is 226 g/mol. The first kappa shape index (κ1) is 11.1. The zero-order chi connectivity index (χ0) is 10.5. The highest BCUT2D eigenvalue weighted by molar-refractivity contribution is 7.07. The van der Waals surface area contributed by atoms with Gasteiger partial charge in [-0.15, -0.1) is 0 Å². The molecule has 15 heavy (non-hydrogen) atoms. The molecular weight excluding hydrogens is 208 g/mol. The molecule has 1 saturated heterocycles. The molecule has 0 aliphatic carbocycles. The fourth-order valence-corrected chi connectivity index (χ4v) is 2.80. The van der Waals surface area contributed by atoms with Gasteiger partial charge in [-0.05, 0) is 47.6 Å². The molecule has 1 aromatic rings. The van der Waals surface area contributed by atoms with Gasteiger partial charge in [0.15, 0.2) is 0 Å². The van der Waals surface area contributed by atoms with Crippen LogP contribution in [0.1, 0.15) is 30.9 Å². The van der Waals surface area contributed by atoms with Gasteiger partial charge in [-0.25, -0.2) is 0 Å². The second-order valence-electron chi connectivity index (χ2n) is 4.07. The molecule has 1 aliphatic heterocycles. The van der Waals surface area contributed by atoms with Gasteiger partial charge in [-0.2, -0.15) is 11.3 Å². The minimum atomic E-state index is 0.305. The zero-order valence-electron chi connectivity index (χ0n) is 8.82. The summed E-state index contributed by atoms with van der Waals surface area (Å²) in [4.78, 5) is 0. The Morgan fingerprint density at radius 2 is 2.33 bits per heavy atom. The van der Waals surface area contributed by atoms with Crippen LogP contribution in [0.2, 0.25) is 0 Å². The molecule has 0 saturated carbocycles. The molecule has 1 unspecified atom stereocenters. The van der Waals surface area contributed by atoms with Crippen LogP contribution in [-0.4, -0.2) is 13.2 Å². The maximum atomic E-state index is 5.60. The van der Waals surface area contributed by atoms with E-state index in [9.17, 15) is 0 Å². The summed E-state index contributed by atoms with van der Waals surface area (Å²) < 4.78 is 5.36. The van der Waals surface area contributed by atoms with Gasteiger partial charge in [-0.1, -0.05) is 0 Å². The molecule has 0 aromatic carbocycles. The Morgan fingerprint density at radius 3 is 2.93 bits per heavy atom. The molecule has 2 heterocycles. The van der Waals surface area contributed by atoms with E-state index >= 15 is 0 Å². The number of hydrazine groups is 1. The number of nitrogens with two attached hydrogens (primary N) is 1. The minimum Gasteiger partial charge on any atom is -0.381 e. The van der Waals surface area contributed by atoms with Crippen molar-refractivity contribution in [1.82, 2.24) is 5.43 Å². The third kappa shape index (κ3) is 3.01. The van der Waals surface area contributed by atoms with Gasteiger partial charge in [0.2, 0.25) is 0 Å².